The Morgan fingerprint density at radius 3 is 2.08 bits per heavy atom. The zero-order chi connectivity index (χ0) is 8.97. The molecule has 0 fully saturated rings. The van der Waals surface area contributed by atoms with Crippen LogP contribution >= 0.6 is 0 Å². The Kier molecular flexibility index (Phi) is 2.54. The molecule has 3 nitrogen and oxygen atoms in total. The van der Waals surface area contributed by atoms with Crippen molar-refractivity contribution in [2.75, 3.05) is 14.2 Å². The van der Waals surface area contributed by atoms with Gasteiger partial charge in [0.25, 0.3) is 0 Å². The van der Waals surface area contributed by atoms with Gasteiger partial charge in [-0.05, 0) is 12.1 Å². The van der Waals surface area contributed by atoms with Crippen molar-refractivity contribution in [2.45, 2.75) is 0 Å². The third kappa shape index (κ3) is 1.67. The van der Waals surface area contributed by atoms with E-state index in [9.17, 15) is 0 Å². The summed E-state index contributed by atoms with van der Waals surface area (Å²) in [7, 11) is 3.04. The molecular formula is C9H8NO2. The highest BCUT2D eigenvalue weighted by atomic mass is 16.5. The van der Waals surface area contributed by atoms with Crippen LogP contribution < -0.4 is 9.47 Å². The molecular weight excluding hydrogens is 154 g/mol. The van der Waals surface area contributed by atoms with E-state index < -0.39 is 0 Å². The van der Waals surface area contributed by atoms with Crippen LogP contribution in [-0.2, 0) is 0 Å². The lowest BCUT2D eigenvalue weighted by Crippen LogP contribution is -1.88. The van der Waals surface area contributed by atoms with Crippen LogP contribution in [0.2, 0.25) is 0 Å². The maximum Gasteiger partial charge on any atom is 0.132 e. The second kappa shape index (κ2) is 3.63. The van der Waals surface area contributed by atoms with Gasteiger partial charge >= 0.3 is 0 Å². The van der Waals surface area contributed by atoms with E-state index in [2.05, 4.69) is 6.07 Å². The topological polar surface area (TPSA) is 42.2 Å². The van der Waals surface area contributed by atoms with Gasteiger partial charge < -0.3 is 9.47 Å². The van der Waals surface area contributed by atoms with Crippen LogP contribution in [0.5, 0.6) is 11.5 Å². The van der Waals surface area contributed by atoms with Gasteiger partial charge in [-0.1, -0.05) is 0 Å². The molecule has 0 saturated carbocycles. The summed E-state index contributed by atoms with van der Waals surface area (Å²) >= 11 is 0. The normalized spacial score (nSPS) is 8.75. The molecule has 0 atom stereocenters. The fourth-order valence-electron chi connectivity index (χ4n) is 0.802. The lowest BCUT2D eigenvalue weighted by Gasteiger charge is -2.02. The summed E-state index contributed by atoms with van der Waals surface area (Å²) in [6.45, 7) is 0. The minimum absolute atomic E-state index is 0.502. The third-order valence-corrected chi connectivity index (χ3v) is 1.39. The second-order valence-electron chi connectivity index (χ2n) is 2.12. The molecule has 1 aromatic carbocycles. The van der Waals surface area contributed by atoms with E-state index in [0.717, 1.165) is 0 Å². The minimum Gasteiger partial charge on any atom is -0.496 e. The van der Waals surface area contributed by atoms with Crippen molar-refractivity contribution in [1.29, 1.82) is 5.26 Å². The van der Waals surface area contributed by atoms with Crippen LogP contribution in [0.15, 0.2) is 12.1 Å². The first-order chi connectivity index (χ1) is 5.80. The molecule has 0 unspecified atom stereocenters. The summed E-state index contributed by atoms with van der Waals surface area (Å²) in [5, 5.41) is 8.60. The van der Waals surface area contributed by atoms with E-state index in [1.54, 1.807) is 12.1 Å². The molecule has 3 heteroatoms. The van der Waals surface area contributed by atoms with Crippen LogP contribution in [0.25, 0.3) is 0 Å². The zero-order valence-corrected chi connectivity index (χ0v) is 6.92. The Labute approximate surface area is 71.1 Å². The fourth-order valence-corrected chi connectivity index (χ4v) is 0.802. The Morgan fingerprint density at radius 1 is 1.25 bits per heavy atom. The van der Waals surface area contributed by atoms with Gasteiger partial charge in [-0.3, -0.25) is 0 Å². The molecule has 0 amide bonds. The predicted molar refractivity (Wildman–Crippen MR) is 43.1 cm³/mol. The van der Waals surface area contributed by atoms with Crippen molar-refractivity contribution in [3.63, 3.8) is 0 Å². The zero-order valence-electron chi connectivity index (χ0n) is 6.92. The molecule has 0 N–H and O–H groups in total. The van der Waals surface area contributed by atoms with Gasteiger partial charge in [0.2, 0.25) is 0 Å². The molecule has 12 heavy (non-hydrogen) atoms. The average molecular weight is 162 g/mol. The van der Waals surface area contributed by atoms with E-state index >= 15 is 0 Å². The molecule has 0 aliphatic carbocycles. The van der Waals surface area contributed by atoms with E-state index in [1.807, 2.05) is 6.07 Å². The number of methoxy groups -OCH3 is 2. The van der Waals surface area contributed by atoms with Gasteiger partial charge in [0.15, 0.2) is 0 Å². The number of rotatable bonds is 2. The molecule has 0 spiro atoms. The predicted octanol–water partition coefficient (Wildman–Crippen LogP) is 1.38. The van der Waals surface area contributed by atoms with E-state index in [0.29, 0.717) is 17.1 Å². The first-order valence-corrected chi connectivity index (χ1v) is 3.35. The molecule has 61 valence electrons. The Hall–Kier alpha value is -1.69. The summed E-state index contributed by atoms with van der Waals surface area (Å²) < 4.78 is 9.82. The Balaban J connectivity index is 3.12. The molecule has 0 heterocycles. The van der Waals surface area contributed by atoms with Crippen molar-refractivity contribution in [2.24, 2.45) is 0 Å². The lowest BCUT2D eigenvalue weighted by atomic mass is 10.2. The van der Waals surface area contributed by atoms with Crippen LogP contribution in [0.1, 0.15) is 5.56 Å². The number of hydrogen-bond donors (Lipinski definition) is 0. The number of nitrogens with zero attached hydrogens (tertiary/aromatic N) is 1. The maximum atomic E-state index is 8.60. The second-order valence-corrected chi connectivity index (χ2v) is 2.12. The summed E-state index contributed by atoms with van der Waals surface area (Å²) in [6, 6.07) is 8.02. The molecule has 0 aliphatic heterocycles. The molecule has 0 bridgehead atoms. The first kappa shape index (κ1) is 8.41. The van der Waals surface area contributed by atoms with E-state index in [4.69, 9.17) is 14.7 Å². The van der Waals surface area contributed by atoms with Crippen LogP contribution in [0, 0.1) is 17.4 Å². The van der Waals surface area contributed by atoms with E-state index in [-0.39, 0.29) is 0 Å². The van der Waals surface area contributed by atoms with Crippen molar-refractivity contribution >= 4 is 0 Å². The summed E-state index contributed by atoms with van der Waals surface area (Å²) in [4.78, 5) is 0. The summed E-state index contributed by atoms with van der Waals surface area (Å²) in [5.74, 6) is 1.01. The number of ether oxygens (including phenoxy) is 2. The summed E-state index contributed by atoms with van der Waals surface area (Å²) in [5.41, 5.74) is 0.502. The smallest absolute Gasteiger partial charge is 0.132 e. The maximum absolute atomic E-state index is 8.60. The quantitative estimate of drug-likeness (QED) is 0.659. The SMILES string of the molecule is COc1[c]c(OC)cc(C#N)c1. The van der Waals surface area contributed by atoms with Gasteiger partial charge in [0.05, 0.1) is 31.9 Å². The van der Waals surface area contributed by atoms with Crippen molar-refractivity contribution in [1.82, 2.24) is 0 Å². The molecule has 1 radical (unpaired) electrons. The highest BCUT2D eigenvalue weighted by Gasteiger charge is 2.00. The first-order valence-electron chi connectivity index (χ1n) is 3.35. The molecule has 0 aromatic heterocycles. The van der Waals surface area contributed by atoms with Crippen LogP contribution in [0.3, 0.4) is 0 Å². The third-order valence-electron chi connectivity index (χ3n) is 1.39. The lowest BCUT2D eigenvalue weighted by molar-refractivity contribution is 0.392. The van der Waals surface area contributed by atoms with Crippen LogP contribution in [0.4, 0.5) is 0 Å². The van der Waals surface area contributed by atoms with Gasteiger partial charge in [-0.2, -0.15) is 5.26 Å². The van der Waals surface area contributed by atoms with Gasteiger partial charge in [0.1, 0.15) is 11.5 Å². The van der Waals surface area contributed by atoms with Gasteiger partial charge in [0, 0.05) is 0 Å². The number of nitriles is 1. The molecule has 0 aliphatic rings. The van der Waals surface area contributed by atoms with Crippen molar-refractivity contribution in [3.8, 4) is 17.6 Å². The monoisotopic (exact) mass is 162 g/mol. The van der Waals surface area contributed by atoms with Crippen molar-refractivity contribution in [3.05, 3.63) is 23.8 Å². The average Bonchev–Trinajstić information content (AvgIpc) is 2.16. The fraction of sp³-hybridized carbons (Fsp3) is 0.222. The van der Waals surface area contributed by atoms with Gasteiger partial charge in [-0.15, -0.1) is 0 Å². The highest BCUT2D eigenvalue weighted by molar-refractivity contribution is 5.42. The standard InChI is InChI=1S/C9H8NO2/c1-11-8-3-7(6-10)4-9(5-8)12-2/h3-4H,1-2H3. The number of benzene rings is 1. The summed E-state index contributed by atoms with van der Waals surface area (Å²) in [6.07, 6.45) is 0. The van der Waals surface area contributed by atoms with Crippen LogP contribution in [-0.4, -0.2) is 14.2 Å². The highest BCUT2D eigenvalue weighted by Crippen LogP contribution is 2.20. The minimum atomic E-state index is 0.502. The molecule has 1 aromatic rings. The van der Waals surface area contributed by atoms with Crippen molar-refractivity contribution < 1.29 is 9.47 Å². The van der Waals surface area contributed by atoms with Gasteiger partial charge in [-0.25, -0.2) is 0 Å². The number of hydrogen-bond acceptors (Lipinski definition) is 3. The molecule has 0 saturated heterocycles. The Bertz CT molecular complexity index is 293. The van der Waals surface area contributed by atoms with E-state index in [1.165, 1.54) is 14.2 Å². The Morgan fingerprint density at radius 2 is 1.75 bits per heavy atom. The molecule has 1 rings (SSSR count). The largest absolute Gasteiger partial charge is 0.496 e.